The number of imidazole rings is 1. The molecule has 0 aliphatic heterocycles. The van der Waals surface area contributed by atoms with Crippen LogP contribution < -0.4 is 5.32 Å². The first-order valence-corrected chi connectivity index (χ1v) is 7.72. The Morgan fingerprint density at radius 2 is 2.33 bits per heavy atom. The fourth-order valence-electron chi connectivity index (χ4n) is 2.15. The van der Waals surface area contributed by atoms with Crippen LogP contribution in [0.1, 0.15) is 21.7 Å². The zero-order valence-corrected chi connectivity index (χ0v) is 12.9. The number of aromatic nitrogens is 3. The summed E-state index contributed by atoms with van der Waals surface area (Å²) >= 11 is 7.34. The molecule has 108 valence electrons. The van der Waals surface area contributed by atoms with Gasteiger partial charge in [0.25, 0.3) is 5.91 Å². The number of nitrogens with zero attached hydrogens (tertiary/aromatic N) is 3. The molecule has 21 heavy (non-hydrogen) atoms. The minimum Gasteiger partial charge on any atom is -0.350 e. The number of nitrogens with one attached hydrogen (secondary N) is 1. The van der Waals surface area contributed by atoms with Gasteiger partial charge in [0.05, 0.1) is 5.69 Å². The van der Waals surface area contributed by atoms with Crippen LogP contribution in [0.25, 0.3) is 4.96 Å². The highest BCUT2D eigenvalue weighted by Gasteiger charge is 2.17. The van der Waals surface area contributed by atoms with Crippen molar-refractivity contribution in [2.45, 2.75) is 13.3 Å². The van der Waals surface area contributed by atoms with Crippen LogP contribution in [0.4, 0.5) is 0 Å². The minimum atomic E-state index is -0.159. The molecule has 1 aromatic carbocycles. The molecule has 1 amide bonds. The van der Waals surface area contributed by atoms with Crippen molar-refractivity contribution in [3.8, 4) is 0 Å². The van der Waals surface area contributed by atoms with Gasteiger partial charge in [-0.3, -0.25) is 4.79 Å². The van der Waals surface area contributed by atoms with Crippen molar-refractivity contribution in [3.05, 3.63) is 51.7 Å². The average molecular weight is 321 g/mol. The summed E-state index contributed by atoms with van der Waals surface area (Å²) in [6, 6.07) is 7.62. The Morgan fingerprint density at radius 1 is 1.48 bits per heavy atom. The number of hydrogen-bond acceptors (Lipinski definition) is 4. The Labute approximate surface area is 130 Å². The molecule has 2 heterocycles. The Hall–Kier alpha value is -1.92. The molecule has 0 saturated carbocycles. The molecule has 0 unspecified atom stereocenters. The van der Waals surface area contributed by atoms with Crippen molar-refractivity contribution >= 4 is 33.8 Å². The number of aryl methyl sites for hydroxylation is 1. The number of fused-ring (bicyclic) bond motifs is 1. The van der Waals surface area contributed by atoms with Crippen LogP contribution >= 0.6 is 22.9 Å². The second kappa shape index (κ2) is 5.83. The van der Waals surface area contributed by atoms with E-state index >= 15 is 0 Å². The summed E-state index contributed by atoms with van der Waals surface area (Å²) in [7, 11) is 0. The van der Waals surface area contributed by atoms with E-state index in [1.807, 2.05) is 31.2 Å². The number of amides is 1. The number of carbonyl (C=O) groups is 1. The summed E-state index contributed by atoms with van der Waals surface area (Å²) in [5.41, 5.74) is 3.95. The summed E-state index contributed by atoms with van der Waals surface area (Å²) in [5.74, 6) is -0.159. The maximum absolute atomic E-state index is 12.3. The van der Waals surface area contributed by atoms with Crippen molar-refractivity contribution in [2.75, 3.05) is 6.54 Å². The monoisotopic (exact) mass is 320 g/mol. The number of halogens is 1. The van der Waals surface area contributed by atoms with Crippen LogP contribution in [0.15, 0.2) is 29.8 Å². The summed E-state index contributed by atoms with van der Waals surface area (Å²) in [5, 5.41) is 7.73. The predicted molar refractivity (Wildman–Crippen MR) is 83.1 cm³/mol. The maximum atomic E-state index is 12.3. The SMILES string of the molecule is Cc1nc2scnn2c1C(=O)NCCc1cccc(Cl)c1. The third-order valence-corrected chi connectivity index (χ3v) is 4.03. The van der Waals surface area contributed by atoms with Crippen LogP contribution in [-0.4, -0.2) is 27.0 Å². The number of carbonyl (C=O) groups excluding carboxylic acids is 1. The zero-order chi connectivity index (χ0) is 14.8. The first-order chi connectivity index (χ1) is 10.1. The topological polar surface area (TPSA) is 59.3 Å². The van der Waals surface area contributed by atoms with E-state index in [-0.39, 0.29) is 5.91 Å². The van der Waals surface area contributed by atoms with Gasteiger partial charge in [-0.15, -0.1) is 0 Å². The number of benzene rings is 1. The van der Waals surface area contributed by atoms with Gasteiger partial charge in [0.1, 0.15) is 5.51 Å². The number of hydrogen-bond donors (Lipinski definition) is 1. The molecule has 3 aromatic rings. The Kier molecular flexibility index (Phi) is 3.90. The lowest BCUT2D eigenvalue weighted by Crippen LogP contribution is -2.27. The van der Waals surface area contributed by atoms with E-state index in [0.29, 0.717) is 23.0 Å². The van der Waals surface area contributed by atoms with Gasteiger partial charge < -0.3 is 5.32 Å². The smallest absolute Gasteiger partial charge is 0.271 e. The van der Waals surface area contributed by atoms with E-state index in [9.17, 15) is 4.79 Å². The molecular weight excluding hydrogens is 308 g/mol. The average Bonchev–Trinajstić information content (AvgIpc) is 2.98. The van der Waals surface area contributed by atoms with Gasteiger partial charge >= 0.3 is 0 Å². The van der Waals surface area contributed by atoms with Crippen molar-refractivity contribution in [1.82, 2.24) is 19.9 Å². The molecule has 0 atom stereocenters. The van der Waals surface area contributed by atoms with Crippen LogP contribution in [0.5, 0.6) is 0 Å². The van der Waals surface area contributed by atoms with Gasteiger partial charge in [-0.25, -0.2) is 4.98 Å². The van der Waals surface area contributed by atoms with E-state index in [2.05, 4.69) is 15.4 Å². The molecule has 0 aliphatic carbocycles. The fourth-order valence-corrected chi connectivity index (χ4v) is 3.03. The molecule has 3 rings (SSSR count). The van der Waals surface area contributed by atoms with Gasteiger partial charge in [-0.1, -0.05) is 35.1 Å². The van der Waals surface area contributed by atoms with Crippen molar-refractivity contribution in [2.24, 2.45) is 0 Å². The molecule has 5 nitrogen and oxygen atoms in total. The second-order valence-electron chi connectivity index (χ2n) is 4.61. The largest absolute Gasteiger partial charge is 0.350 e. The fraction of sp³-hybridized carbons (Fsp3) is 0.214. The lowest BCUT2D eigenvalue weighted by atomic mass is 10.1. The van der Waals surface area contributed by atoms with Gasteiger partial charge in [0, 0.05) is 11.6 Å². The minimum absolute atomic E-state index is 0.159. The highest BCUT2D eigenvalue weighted by molar-refractivity contribution is 7.14. The zero-order valence-electron chi connectivity index (χ0n) is 11.3. The molecule has 0 aliphatic rings. The van der Waals surface area contributed by atoms with E-state index in [4.69, 9.17) is 11.6 Å². The highest BCUT2D eigenvalue weighted by Crippen LogP contribution is 2.14. The van der Waals surface area contributed by atoms with Crippen LogP contribution in [0.3, 0.4) is 0 Å². The van der Waals surface area contributed by atoms with Gasteiger partial charge in [-0.2, -0.15) is 9.61 Å². The third-order valence-electron chi connectivity index (χ3n) is 3.12. The molecule has 0 bridgehead atoms. The van der Waals surface area contributed by atoms with Crippen molar-refractivity contribution < 1.29 is 4.79 Å². The van der Waals surface area contributed by atoms with Crippen LogP contribution in [0, 0.1) is 6.92 Å². The molecule has 0 fully saturated rings. The third kappa shape index (κ3) is 2.91. The van der Waals surface area contributed by atoms with Crippen LogP contribution in [-0.2, 0) is 6.42 Å². The first-order valence-electron chi connectivity index (χ1n) is 6.46. The van der Waals surface area contributed by atoms with Gasteiger partial charge in [0.2, 0.25) is 4.96 Å². The predicted octanol–water partition coefficient (Wildman–Crippen LogP) is 2.73. The molecule has 1 N–H and O–H groups in total. The molecule has 0 spiro atoms. The quantitative estimate of drug-likeness (QED) is 0.804. The number of rotatable bonds is 4. The highest BCUT2D eigenvalue weighted by atomic mass is 35.5. The van der Waals surface area contributed by atoms with Crippen molar-refractivity contribution in [1.29, 1.82) is 0 Å². The maximum Gasteiger partial charge on any atom is 0.271 e. The Morgan fingerprint density at radius 3 is 3.14 bits per heavy atom. The molecule has 2 aromatic heterocycles. The van der Waals surface area contributed by atoms with E-state index < -0.39 is 0 Å². The Balaban J connectivity index is 1.67. The molecule has 0 saturated heterocycles. The summed E-state index contributed by atoms with van der Waals surface area (Å²) in [4.78, 5) is 17.3. The second-order valence-corrected chi connectivity index (χ2v) is 5.86. The lowest BCUT2D eigenvalue weighted by Gasteiger charge is -2.05. The van der Waals surface area contributed by atoms with Gasteiger partial charge in [0.15, 0.2) is 5.69 Å². The lowest BCUT2D eigenvalue weighted by molar-refractivity contribution is 0.0946. The molecule has 7 heteroatoms. The first kappa shape index (κ1) is 14.0. The molecule has 0 radical (unpaired) electrons. The van der Waals surface area contributed by atoms with E-state index in [1.54, 1.807) is 10.0 Å². The van der Waals surface area contributed by atoms with Crippen molar-refractivity contribution in [3.63, 3.8) is 0 Å². The summed E-state index contributed by atoms with van der Waals surface area (Å²) < 4.78 is 1.58. The van der Waals surface area contributed by atoms with Crippen LogP contribution in [0.2, 0.25) is 5.02 Å². The summed E-state index contributed by atoms with van der Waals surface area (Å²) in [6.07, 6.45) is 0.727. The van der Waals surface area contributed by atoms with Gasteiger partial charge in [-0.05, 0) is 31.0 Å². The Bertz CT molecular complexity index is 795. The standard InChI is InChI=1S/C14H13ClN4OS/c1-9-12(19-14(18-9)21-8-17-19)13(20)16-6-5-10-3-2-4-11(15)7-10/h2-4,7-8H,5-6H2,1H3,(H,16,20). The normalized spacial score (nSPS) is 11.0. The van der Waals surface area contributed by atoms with E-state index in [0.717, 1.165) is 16.9 Å². The summed E-state index contributed by atoms with van der Waals surface area (Å²) in [6.45, 7) is 2.35. The molecular formula is C14H13ClN4OS. The van der Waals surface area contributed by atoms with E-state index in [1.165, 1.54) is 11.3 Å².